The molecule has 0 aromatic heterocycles. The van der Waals surface area contributed by atoms with E-state index in [1.807, 2.05) is 31.2 Å². The second-order valence-electron chi connectivity index (χ2n) is 4.03. The summed E-state index contributed by atoms with van der Waals surface area (Å²) in [6, 6.07) is 7.72. The van der Waals surface area contributed by atoms with Crippen molar-refractivity contribution in [2.45, 2.75) is 32.1 Å². The number of hydrogen-bond acceptors (Lipinski definition) is 3. The van der Waals surface area contributed by atoms with Crippen molar-refractivity contribution < 1.29 is 8.42 Å². The van der Waals surface area contributed by atoms with Crippen LogP contribution in [0.4, 0.5) is 0 Å². The smallest absolute Gasteiger partial charge is 0.221 e. The van der Waals surface area contributed by atoms with E-state index in [9.17, 15) is 8.42 Å². The second kappa shape index (κ2) is 6.26. The number of nitrogens with two attached hydrogens (primary N) is 1. The summed E-state index contributed by atoms with van der Waals surface area (Å²) in [5.74, 6) is 0. The average Bonchev–Trinajstić information content (AvgIpc) is 2.35. The van der Waals surface area contributed by atoms with Gasteiger partial charge in [-0.05, 0) is 24.5 Å². The van der Waals surface area contributed by atoms with Crippen molar-refractivity contribution in [3.8, 4) is 0 Å². The third kappa shape index (κ3) is 3.76. The number of aryl methyl sites for hydroxylation is 1. The van der Waals surface area contributed by atoms with Gasteiger partial charge in [0.2, 0.25) is 10.0 Å². The lowest BCUT2D eigenvalue weighted by Gasteiger charge is -2.14. The van der Waals surface area contributed by atoms with Crippen molar-refractivity contribution in [1.29, 1.82) is 0 Å². The number of nitrogens with one attached hydrogen (secondary N) is 1. The Balaban J connectivity index is 2.79. The maximum Gasteiger partial charge on any atom is 0.221 e. The van der Waals surface area contributed by atoms with Crippen LogP contribution in [0, 0.1) is 0 Å². The summed E-state index contributed by atoms with van der Waals surface area (Å²) in [5, 5.41) is -0.860. The van der Waals surface area contributed by atoms with E-state index in [0.29, 0.717) is 0 Å². The monoisotopic (exact) mass is 286 g/mol. The van der Waals surface area contributed by atoms with Gasteiger partial charge in [0.1, 0.15) is 5.25 Å². The van der Waals surface area contributed by atoms with E-state index in [0.717, 1.165) is 17.5 Å². The molecule has 1 rings (SSSR count). The van der Waals surface area contributed by atoms with Gasteiger partial charge >= 0.3 is 0 Å². The van der Waals surface area contributed by atoms with Crippen molar-refractivity contribution in [2.24, 2.45) is 5.73 Å². The molecule has 18 heavy (non-hydrogen) atoms. The van der Waals surface area contributed by atoms with Gasteiger partial charge in [-0.15, -0.1) is 0 Å². The molecule has 0 saturated heterocycles. The molecule has 0 amide bonds. The zero-order valence-corrected chi connectivity index (χ0v) is 12.1. The molecule has 6 heteroatoms. The molecule has 0 fully saturated rings. The molecule has 0 aliphatic rings. The van der Waals surface area contributed by atoms with Crippen LogP contribution >= 0.6 is 12.2 Å². The van der Waals surface area contributed by atoms with Crippen LogP contribution in [0.3, 0.4) is 0 Å². The Kier molecular flexibility index (Phi) is 5.25. The Hall–Kier alpha value is -0.980. The molecular formula is C12H18N2O2S2. The summed E-state index contributed by atoms with van der Waals surface area (Å²) in [4.78, 5) is -0.0220. The molecule has 0 radical (unpaired) electrons. The predicted octanol–water partition coefficient (Wildman–Crippen LogP) is 1.34. The highest BCUT2D eigenvalue weighted by atomic mass is 32.2. The van der Waals surface area contributed by atoms with E-state index in [1.54, 1.807) is 0 Å². The first-order chi connectivity index (χ1) is 8.38. The summed E-state index contributed by atoms with van der Waals surface area (Å²) < 4.78 is 26.3. The highest BCUT2D eigenvalue weighted by Gasteiger charge is 2.22. The van der Waals surface area contributed by atoms with E-state index in [1.165, 1.54) is 6.92 Å². The fourth-order valence-corrected chi connectivity index (χ4v) is 2.82. The van der Waals surface area contributed by atoms with Crippen molar-refractivity contribution in [3.63, 3.8) is 0 Å². The molecule has 3 N–H and O–H groups in total. The van der Waals surface area contributed by atoms with Crippen molar-refractivity contribution in [1.82, 2.24) is 4.72 Å². The van der Waals surface area contributed by atoms with Gasteiger partial charge in [-0.3, -0.25) is 0 Å². The van der Waals surface area contributed by atoms with Crippen LogP contribution in [0.2, 0.25) is 0 Å². The fourth-order valence-electron chi connectivity index (χ4n) is 1.53. The first-order valence-electron chi connectivity index (χ1n) is 5.73. The fraction of sp³-hybridized carbons (Fsp3) is 0.417. The van der Waals surface area contributed by atoms with Gasteiger partial charge in [-0.1, -0.05) is 43.4 Å². The quantitative estimate of drug-likeness (QED) is 0.774. The van der Waals surface area contributed by atoms with E-state index in [4.69, 9.17) is 18.0 Å². The summed E-state index contributed by atoms with van der Waals surface area (Å²) in [5.41, 5.74) is 7.46. The molecule has 0 aliphatic carbocycles. The minimum absolute atomic E-state index is 0.0220. The second-order valence-corrected chi connectivity index (χ2v) is 6.59. The molecule has 1 aromatic carbocycles. The van der Waals surface area contributed by atoms with E-state index < -0.39 is 15.3 Å². The third-order valence-electron chi connectivity index (χ3n) is 2.83. The van der Waals surface area contributed by atoms with Gasteiger partial charge in [0.25, 0.3) is 0 Å². The average molecular weight is 286 g/mol. The topological polar surface area (TPSA) is 72.2 Å². The molecule has 0 aliphatic heterocycles. The highest BCUT2D eigenvalue weighted by Crippen LogP contribution is 2.10. The Morgan fingerprint density at radius 3 is 2.44 bits per heavy atom. The van der Waals surface area contributed by atoms with Crippen LogP contribution in [-0.4, -0.2) is 18.7 Å². The van der Waals surface area contributed by atoms with Crippen molar-refractivity contribution in [3.05, 3.63) is 35.4 Å². The minimum atomic E-state index is -3.50. The van der Waals surface area contributed by atoms with Crippen LogP contribution in [-0.2, 0) is 23.0 Å². The van der Waals surface area contributed by atoms with Crippen molar-refractivity contribution in [2.75, 3.05) is 0 Å². The lowest BCUT2D eigenvalue weighted by Crippen LogP contribution is -2.39. The molecule has 4 nitrogen and oxygen atoms in total. The third-order valence-corrected chi connectivity index (χ3v) is 5.06. The standard InChI is InChI=1S/C12H18N2O2S2/c1-3-10-6-4-5-7-11(10)8-14-18(15,16)9(2)12(13)17/h4-7,9,14H,3,8H2,1-2H3,(H2,13,17). The lowest BCUT2D eigenvalue weighted by molar-refractivity contribution is 0.578. The summed E-state index contributed by atoms with van der Waals surface area (Å²) >= 11 is 4.70. The van der Waals surface area contributed by atoms with Gasteiger partial charge < -0.3 is 5.73 Å². The van der Waals surface area contributed by atoms with E-state index in [-0.39, 0.29) is 11.5 Å². The lowest BCUT2D eigenvalue weighted by atomic mass is 10.1. The largest absolute Gasteiger partial charge is 0.392 e. The molecule has 0 spiro atoms. The first kappa shape index (κ1) is 15.1. The Bertz CT molecular complexity index is 527. The number of rotatable bonds is 6. The summed E-state index contributed by atoms with van der Waals surface area (Å²) in [7, 11) is -3.50. The molecular weight excluding hydrogens is 268 g/mol. The van der Waals surface area contributed by atoms with Crippen molar-refractivity contribution >= 4 is 27.2 Å². The molecule has 1 atom stereocenters. The Morgan fingerprint density at radius 1 is 1.39 bits per heavy atom. The molecule has 0 heterocycles. The van der Waals surface area contributed by atoms with Gasteiger partial charge in [0.05, 0.1) is 4.99 Å². The predicted molar refractivity (Wildman–Crippen MR) is 77.8 cm³/mol. The molecule has 1 aromatic rings. The van der Waals surface area contributed by atoms with Crippen LogP contribution in [0.25, 0.3) is 0 Å². The molecule has 100 valence electrons. The molecule has 0 bridgehead atoms. The maximum atomic E-state index is 11.9. The number of hydrogen-bond donors (Lipinski definition) is 2. The molecule has 1 unspecified atom stereocenters. The Labute approximate surface area is 114 Å². The van der Waals surface area contributed by atoms with E-state index in [2.05, 4.69) is 4.72 Å². The van der Waals surface area contributed by atoms with Gasteiger partial charge in [0, 0.05) is 6.54 Å². The van der Waals surface area contributed by atoms with Gasteiger partial charge in [-0.2, -0.15) is 0 Å². The number of benzene rings is 1. The normalized spacial score (nSPS) is 13.2. The van der Waals surface area contributed by atoms with E-state index >= 15 is 0 Å². The zero-order valence-electron chi connectivity index (χ0n) is 10.5. The van der Waals surface area contributed by atoms with Crippen LogP contribution in [0.15, 0.2) is 24.3 Å². The van der Waals surface area contributed by atoms with Gasteiger partial charge in [0.15, 0.2) is 0 Å². The number of thiocarbonyl (C=S) groups is 1. The number of sulfonamides is 1. The van der Waals surface area contributed by atoms with Gasteiger partial charge in [-0.25, -0.2) is 13.1 Å². The van der Waals surface area contributed by atoms with Crippen LogP contribution < -0.4 is 10.5 Å². The van der Waals surface area contributed by atoms with Crippen LogP contribution in [0.1, 0.15) is 25.0 Å². The summed E-state index contributed by atoms with van der Waals surface area (Å²) in [6.07, 6.45) is 0.864. The Morgan fingerprint density at radius 2 is 1.94 bits per heavy atom. The highest BCUT2D eigenvalue weighted by molar-refractivity contribution is 7.93. The van der Waals surface area contributed by atoms with Crippen LogP contribution in [0.5, 0.6) is 0 Å². The zero-order chi connectivity index (χ0) is 13.8. The maximum absolute atomic E-state index is 11.9. The molecule has 0 saturated carbocycles. The SMILES string of the molecule is CCc1ccccc1CNS(=O)(=O)C(C)C(N)=S. The first-order valence-corrected chi connectivity index (χ1v) is 7.68. The minimum Gasteiger partial charge on any atom is -0.392 e. The summed E-state index contributed by atoms with van der Waals surface area (Å²) in [6.45, 7) is 3.78.